The zero-order valence-electron chi connectivity index (χ0n) is 14.4. The number of aromatic nitrogens is 1. The van der Waals surface area contributed by atoms with Crippen molar-refractivity contribution in [3.63, 3.8) is 0 Å². The molecule has 0 aliphatic heterocycles. The Hall–Kier alpha value is -2.51. The molecule has 1 amide bonds. The Morgan fingerprint density at radius 3 is 2.58 bits per heavy atom. The number of thiazole rings is 1. The number of benzene rings is 1. The van der Waals surface area contributed by atoms with E-state index in [0.717, 1.165) is 15.6 Å². The van der Waals surface area contributed by atoms with Gasteiger partial charge in [0.25, 0.3) is 0 Å². The molecule has 134 valence electrons. The number of amides is 1. The third kappa shape index (κ3) is 4.77. The number of nitrogens with zero attached hydrogens (tertiary/aromatic N) is 1. The van der Waals surface area contributed by atoms with Gasteiger partial charge in [-0.05, 0) is 49.6 Å². The molecular formula is C19H18N2O3S2. The first kappa shape index (κ1) is 18.3. The van der Waals surface area contributed by atoms with Crippen LogP contribution >= 0.6 is 22.7 Å². The third-order valence-electron chi connectivity index (χ3n) is 3.37. The molecule has 0 fully saturated rings. The first-order valence-corrected chi connectivity index (χ1v) is 9.86. The number of hydrogen-bond acceptors (Lipinski definition) is 6. The van der Waals surface area contributed by atoms with E-state index < -0.39 is 0 Å². The van der Waals surface area contributed by atoms with Crippen molar-refractivity contribution >= 4 is 40.2 Å². The largest absolute Gasteiger partial charge is 0.459 e. The molecule has 26 heavy (non-hydrogen) atoms. The highest BCUT2D eigenvalue weighted by Gasteiger charge is 2.12. The Morgan fingerprint density at radius 1 is 1.15 bits per heavy atom. The molecule has 0 aliphatic carbocycles. The van der Waals surface area contributed by atoms with Crippen molar-refractivity contribution in [2.24, 2.45) is 0 Å². The van der Waals surface area contributed by atoms with E-state index in [1.165, 1.54) is 11.3 Å². The zero-order valence-corrected chi connectivity index (χ0v) is 16.0. The monoisotopic (exact) mass is 386 g/mol. The topological polar surface area (TPSA) is 68.3 Å². The van der Waals surface area contributed by atoms with Gasteiger partial charge in [0.05, 0.1) is 28.7 Å². The summed E-state index contributed by atoms with van der Waals surface area (Å²) in [6.45, 7) is 3.60. The minimum atomic E-state index is -0.374. The number of hydrogen-bond donors (Lipinski definition) is 1. The number of esters is 1. The molecule has 0 bridgehead atoms. The Morgan fingerprint density at radius 2 is 1.92 bits per heavy atom. The fourth-order valence-corrected chi connectivity index (χ4v) is 3.88. The van der Waals surface area contributed by atoms with Gasteiger partial charge in [-0.25, -0.2) is 9.78 Å². The number of carbonyl (C=O) groups excluding carboxylic acids is 2. The van der Waals surface area contributed by atoms with Crippen LogP contribution in [0.4, 0.5) is 5.69 Å². The maximum Gasteiger partial charge on any atom is 0.338 e. The van der Waals surface area contributed by atoms with Gasteiger partial charge < -0.3 is 10.1 Å². The smallest absolute Gasteiger partial charge is 0.338 e. The number of ether oxygens (including phenoxy) is 1. The molecule has 3 rings (SSSR count). The minimum Gasteiger partial charge on any atom is -0.459 e. The number of rotatable bonds is 6. The molecule has 1 aromatic carbocycles. The number of carbonyl (C=O) groups is 2. The van der Waals surface area contributed by atoms with Gasteiger partial charge in [0.15, 0.2) is 0 Å². The van der Waals surface area contributed by atoms with Crippen LogP contribution in [0.3, 0.4) is 0 Å². The van der Waals surface area contributed by atoms with Gasteiger partial charge in [0.2, 0.25) is 5.91 Å². The predicted molar refractivity (Wildman–Crippen MR) is 105 cm³/mol. The van der Waals surface area contributed by atoms with Crippen LogP contribution in [0.15, 0.2) is 47.2 Å². The minimum absolute atomic E-state index is 0.148. The first-order valence-electron chi connectivity index (χ1n) is 8.10. The number of anilines is 1. The van der Waals surface area contributed by atoms with Crippen molar-refractivity contribution in [2.75, 3.05) is 5.32 Å². The van der Waals surface area contributed by atoms with Crippen LogP contribution in [0, 0.1) is 0 Å². The molecule has 2 heterocycles. The summed E-state index contributed by atoms with van der Waals surface area (Å²) >= 11 is 3.16. The van der Waals surface area contributed by atoms with Crippen LogP contribution in [-0.4, -0.2) is 23.0 Å². The summed E-state index contributed by atoms with van der Waals surface area (Å²) in [5.74, 6) is -0.521. The maximum atomic E-state index is 12.2. The second-order valence-corrected chi connectivity index (χ2v) is 7.68. The Labute approximate surface area is 159 Å². The lowest BCUT2D eigenvalue weighted by Crippen LogP contribution is -2.15. The van der Waals surface area contributed by atoms with Crippen molar-refractivity contribution in [2.45, 2.75) is 26.4 Å². The van der Waals surface area contributed by atoms with Gasteiger partial charge in [-0.1, -0.05) is 6.07 Å². The fraction of sp³-hybridized carbons (Fsp3) is 0.211. The molecule has 0 saturated carbocycles. The van der Waals surface area contributed by atoms with Crippen LogP contribution < -0.4 is 5.32 Å². The first-order chi connectivity index (χ1) is 12.5. The van der Waals surface area contributed by atoms with E-state index in [9.17, 15) is 9.59 Å². The van der Waals surface area contributed by atoms with Crippen molar-refractivity contribution < 1.29 is 14.3 Å². The summed E-state index contributed by atoms with van der Waals surface area (Å²) in [6.07, 6.45) is 0.0398. The van der Waals surface area contributed by atoms with E-state index >= 15 is 0 Å². The Balaban J connectivity index is 1.57. The number of nitrogens with one attached hydrogen (secondary N) is 1. The zero-order chi connectivity index (χ0) is 18.5. The van der Waals surface area contributed by atoms with Crippen LogP contribution in [0.5, 0.6) is 0 Å². The molecule has 0 radical (unpaired) electrons. The lowest BCUT2D eigenvalue weighted by Gasteiger charge is -2.08. The van der Waals surface area contributed by atoms with Crippen molar-refractivity contribution in [3.8, 4) is 9.88 Å². The van der Waals surface area contributed by atoms with Crippen molar-refractivity contribution in [1.29, 1.82) is 0 Å². The van der Waals surface area contributed by atoms with Gasteiger partial charge in [-0.15, -0.1) is 22.7 Å². The van der Waals surface area contributed by atoms with E-state index in [1.807, 2.05) is 22.9 Å². The summed E-state index contributed by atoms with van der Waals surface area (Å²) in [5.41, 5.74) is 1.83. The van der Waals surface area contributed by atoms with E-state index in [2.05, 4.69) is 10.3 Å². The lowest BCUT2D eigenvalue weighted by atomic mass is 10.2. The fourth-order valence-electron chi connectivity index (χ4n) is 2.24. The molecule has 2 aromatic heterocycles. The summed E-state index contributed by atoms with van der Waals surface area (Å²) < 4.78 is 5.14. The normalized spacial score (nSPS) is 10.7. The molecule has 0 atom stereocenters. The summed E-state index contributed by atoms with van der Waals surface area (Å²) in [7, 11) is 0. The lowest BCUT2D eigenvalue weighted by molar-refractivity contribution is -0.115. The van der Waals surface area contributed by atoms with Crippen molar-refractivity contribution in [3.05, 3.63) is 58.4 Å². The SMILES string of the molecule is CC(C)OC(=O)c1ccc(NC(=O)Cc2csc(-c3cccs3)n2)cc1. The van der Waals surface area contributed by atoms with E-state index in [0.29, 0.717) is 11.3 Å². The molecule has 3 aromatic rings. The Kier molecular flexibility index (Phi) is 5.80. The summed E-state index contributed by atoms with van der Waals surface area (Å²) in [4.78, 5) is 29.6. The quantitative estimate of drug-likeness (QED) is 0.628. The highest BCUT2D eigenvalue weighted by Crippen LogP contribution is 2.28. The molecular weight excluding hydrogens is 368 g/mol. The maximum absolute atomic E-state index is 12.2. The molecule has 0 saturated heterocycles. The highest BCUT2D eigenvalue weighted by molar-refractivity contribution is 7.20. The van der Waals surface area contributed by atoms with E-state index in [1.54, 1.807) is 49.4 Å². The highest BCUT2D eigenvalue weighted by atomic mass is 32.1. The number of thiophene rings is 1. The molecule has 7 heteroatoms. The summed E-state index contributed by atoms with van der Waals surface area (Å²) in [5, 5.41) is 7.65. The molecule has 0 unspecified atom stereocenters. The van der Waals surface area contributed by atoms with Crippen molar-refractivity contribution in [1.82, 2.24) is 4.98 Å². The van der Waals surface area contributed by atoms with Gasteiger partial charge in [-0.2, -0.15) is 0 Å². The van der Waals surface area contributed by atoms with Crippen LogP contribution in [0.2, 0.25) is 0 Å². The van der Waals surface area contributed by atoms with Gasteiger partial charge in [0, 0.05) is 11.1 Å². The second-order valence-electron chi connectivity index (χ2n) is 5.88. The molecule has 1 N–H and O–H groups in total. The summed E-state index contributed by atoms with van der Waals surface area (Å²) in [6, 6.07) is 10.6. The molecule has 5 nitrogen and oxygen atoms in total. The Bertz CT molecular complexity index is 884. The van der Waals surface area contributed by atoms with Crippen LogP contribution in [-0.2, 0) is 16.0 Å². The van der Waals surface area contributed by atoms with E-state index in [4.69, 9.17) is 4.74 Å². The predicted octanol–water partition coefficient (Wildman–Crippen LogP) is 4.62. The standard InChI is InChI=1S/C19H18N2O3S2/c1-12(2)24-19(23)13-5-7-14(8-6-13)20-17(22)10-15-11-26-18(21-15)16-4-3-9-25-16/h3-9,11-12H,10H2,1-2H3,(H,20,22). The van der Waals surface area contributed by atoms with Gasteiger partial charge in [0.1, 0.15) is 5.01 Å². The molecule has 0 aliphatic rings. The second kappa shape index (κ2) is 8.25. The van der Waals surface area contributed by atoms with Crippen LogP contribution in [0.1, 0.15) is 29.9 Å². The average molecular weight is 386 g/mol. The van der Waals surface area contributed by atoms with E-state index in [-0.39, 0.29) is 24.4 Å². The van der Waals surface area contributed by atoms with Gasteiger partial charge >= 0.3 is 5.97 Å². The van der Waals surface area contributed by atoms with Gasteiger partial charge in [-0.3, -0.25) is 4.79 Å². The average Bonchev–Trinajstić information content (AvgIpc) is 3.26. The third-order valence-corrected chi connectivity index (χ3v) is 5.30. The van der Waals surface area contributed by atoms with Crippen LogP contribution in [0.25, 0.3) is 9.88 Å². The molecule has 0 spiro atoms.